The zero-order chi connectivity index (χ0) is 18.0. The first-order valence-corrected chi connectivity index (χ1v) is 9.12. The Balaban J connectivity index is 2.02. The molecule has 132 valence electrons. The summed E-state index contributed by atoms with van der Waals surface area (Å²) in [7, 11) is 3.51. The highest BCUT2D eigenvalue weighted by Crippen LogP contribution is 2.63. The molecule has 0 aliphatic heterocycles. The van der Waals surface area contributed by atoms with Gasteiger partial charge in [-0.15, -0.1) is 0 Å². The molecule has 0 amide bonds. The van der Waals surface area contributed by atoms with Gasteiger partial charge < -0.3 is 9.47 Å². The Bertz CT molecular complexity index is 774. The topological polar surface area (TPSA) is 18.5 Å². The molecule has 0 saturated heterocycles. The molecule has 0 aromatic heterocycles. The van der Waals surface area contributed by atoms with Gasteiger partial charge in [0.1, 0.15) is 11.5 Å². The van der Waals surface area contributed by atoms with E-state index in [1.165, 1.54) is 22.3 Å². The Kier molecular flexibility index (Phi) is 3.32. The lowest BCUT2D eigenvalue weighted by Crippen LogP contribution is -2.27. The van der Waals surface area contributed by atoms with Crippen LogP contribution < -0.4 is 9.47 Å². The van der Waals surface area contributed by atoms with Crippen LogP contribution in [0.1, 0.15) is 62.8 Å². The maximum atomic E-state index is 5.57. The van der Waals surface area contributed by atoms with Crippen LogP contribution in [0.15, 0.2) is 36.4 Å². The zero-order valence-electron chi connectivity index (χ0n) is 16.2. The first-order valence-electron chi connectivity index (χ1n) is 9.12. The van der Waals surface area contributed by atoms with E-state index < -0.39 is 0 Å². The van der Waals surface area contributed by atoms with E-state index in [4.69, 9.17) is 9.47 Å². The average molecular weight is 336 g/mol. The van der Waals surface area contributed by atoms with Crippen LogP contribution in [0.25, 0.3) is 0 Å². The summed E-state index contributed by atoms with van der Waals surface area (Å²) in [6, 6.07) is 13.3. The molecule has 2 heteroatoms. The predicted molar refractivity (Wildman–Crippen MR) is 102 cm³/mol. The molecule has 0 saturated carbocycles. The highest BCUT2D eigenvalue weighted by Gasteiger charge is 2.56. The van der Waals surface area contributed by atoms with E-state index in [0.29, 0.717) is 0 Å². The standard InChI is InChI=1S/C23H28O2/c1-21(2)13-23(19-11-15(24-5)7-9-17(19)21)14-22(3,4)18-10-8-16(25-6)12-20(18)23/h7-12H,13-14H2,1-6H3. The Hall–Kier alpha value is -1.96. The van der Waals surface area contributed by atoms with Gasteiger partial charge in [0.2, 0.25) is 0 Å². The Morgan fingerprint density at radius 1 is 0.640 bits per heavy atom. The second-order valence-corrected chi connectivity index (χ2v) is 9.03. The van der Waals surface area contributed by atoms with Crippen molar-refractivity contribution in [1.82, 2.24) is 0 Å². The molecule has 0 heterocycles. The van der Waals surface area contributed by atoms with Gasteiger partial charge >= 0.3 is 0 Å². The number of hydrogen-bond donors (Lipinski definition) is 0. The Morgan fingerprint density at radius 2 is 1.04 bits per heavy atom. The van der Waals surface area contributed by atoms with Crippen molar-refractivity contribution in [2.45, 2.75) is 56.8 Å². The van der Waals surface area contributed by atoms with Crippen LogP contribution >= 0.6 is 0 Å². The SMILES string of the molecule is COc1ccc2c(c1)C1(CC2(C)C)CC(C)(C)c2ccc(OC)cc21. The highest BCUT2D eigenvalue weighted by atomic mass is 16.5. The first-order chi connectivity index (χ1) is 11.7. The second kappa shape index (κ2) is 5.03. The first kappa shape index (κ1) is 16.5. The molecule has 1 spiro atoms. The van der Waals surface area contributed by atoms with Crippen molar-refractivity contribution in [3.8, 4) is 11.5 Å². The van der Waals surface area contributed by atoms with E-state index in [9.17, 15) is 0 Å². The van der Waals surface area contributed by atoms with E-state index in [1.54, 1.807) is 14.2 Å². The van der Waals surface area contributed by atoms with Gasteiger partial charge in [-0.3, -0.25) is 0 Å². The van der Waals surface area contributed by atoms with Gasteiger partial charge in [0.05, 0.1) is 14.2 Å². The fourth-order valence-corrected chi connectivity index (χ4v) is 5.56. The summed E-state index contributed by atoms with van der Waals surface area (Å²) in [6.07, 6.45) is 2.26. The molecule has 0 atom stereocenters. The van der Waals surface area contributed by atoms with Gasteiger partial charge in [-0.05, 0) is 70.2 Å². The van der Waals surface area contributed by atoms with Crippen LogP contribution in [0.3, 0.4) is 0 Å². The predicted octanol–water partition coefficient (Wildman–Crippen LogP) is 5.35. The van der Waals surface area contributed by atoms with Gasteiger partial charge in [-0.2, -0.15) is 0 Å². The average Bonchev–Trinajstić information content (AvgIpc) is 2.94. The minimum Gasteiger partial charge on any atom is -0.497 e. The van der Waals surface area contributed by atoms with E-state index in [2.05, 4.69) is 64.1 Å². The van der Waals surface area contributed by atoms with Crippen molar-refractivity contribution < 1.29 is 9.47 Å². The number of methoxy groups -OCH3 is 2. The van der Waals surface area contributed by atoms with Crippen LogP contribution in [0.4, 0.5) is 0 Å². The summed E-state index contributed by atoms with van der Waals surface area (Å²) in [6.45, 7) is 9.49. The molecule has 0 unspecified atom stereocenters. The van der Waals surface area contributed by atoms with Crippen molar-refractivity contribution >= 4 is 0 Å². The maximum Gasteiger partial charge on any atom is 0.119 e. The lowest BCUT2D eigenvalue weighted by molar-refractivity contribution is 0.348. The summed E-state index contributed by atoms with van der Waals surface area (Å²) in [5, 5.41) is 0. The Morgan fingerprint density at radius 3 is 1.40 bits per heavy atom. The molecule has 0 fully saturated rings. The largest absolute Gasteiger partial charge is 0.497 e. The molecule has 2 aliphatic rings. The van der Waals surface area contributed by atoms with E-state index >= 15 is 0 Å². The third-order valence-electron chi connectivity index (χ3n) is 6.43. The van der Waals surface area contributed by atoms with Crippen LogP contribution in [0.2, 0.25) is 0 Å². The van der Waals surface area contributed by atoms with Gasteiger partial charge in [-0.25, -0.2) is 0 Å². The fraction of sp³-hybridized carbons (Fsp3) is 0.478. The number of ether oxygens (including phenoxy) is 2. The summed E-state index contributed by atoms with van der Waals surface area (Å²) < 4.78 is 11.1. The van der Waals surface area contributed by atoms with Gasteiger partial charge in [-0.1, -0.05) is 39.8 Å². The van der Waals surface area contributed by atoms with Gasteiger partial charge in [0.15, 0.2) is 0 Å². The number of fused-ring (bicyclic) bond motifs is 4. The van der Waals surface area contributed by atoms with Gasteiger partial charge in [0.25, 0.3) is 0 Å². The quantitative estimate of drug-likeness (QED) is 0.736. The summed E-state index contributed by atoms with van der Waals surface area (Å²) in [4.78, 5) is 0. The number of rotatable bonds is 2. The third-order valence-corrected chi connectivity index (χ3v) is 6.43. The summed E-state index contributed by atoms with van der Waals surface area (Å²) in [5.41, 5.74) is 6.15. The fourth-order valence-electron chi connectivity index (χ4n) is 5.56. The summed E-state index contributed by atoms with van der Waals surface area (Å²) in [5.74, 6) is 1.90. The van der Waals surface area contributed by atoms with E-state index in [-0.39, 0.29) is 16.2 Å². The molecule has 2 aromatic carbocycles. The number of benzene rings is 2. The Labute approximate surface area is 151 Å². The molecule has 0 N–H and O–H groups in total. The maximum absolute atomic E-state index is 5.57. The molecule has 25 heavy (non-hydrogen) atoms. The van der Waals surface area contributed by atoms with Crippen LogP contribution in [-0.4, -0.2) is 14.2 Å². The van der Waals surface area contributed by atoms with Crippen LogP contribution in [-0.2, 0) is 16.2 Å². The molecular weight excluding hydrogens is 308 g/mol. The minimum atomic E-state index is 0.0424. The smallest absolute Gasteiger partial charge is 0.119 e. The lowest BCUT2D eigenvalue weighted by Gasteiger charge is -2.30. The van der Waals surface area contributed by atoms with Crippen LogP contribution in [0, 0.1) is 0 Å². The molecule has 4 rings (SSSR count). The van der Waals surface area contributed by atoms with E-state index in [1.807, 2.05) is 0 Å². The van der Waals surface area contributed by atoms with Crippen molar-refractivity contribution in [1.29, 1.82) is 0 Å². The number of hydrogen-bond acceptors (Lipinski definition) is 2. The van der Waals surface area contributed by atoms with Crippen molar-refractivity contribution in [2.24, 2.45) is 0 Å². The molecule has 2 nitrogen and oxygen atoms in total. The van der Waals surface area contributed by atoms with E-state index in [0.717, 1.165) is 24.3 Å². The van der Waals surface area contributed by atoms with Crippen molar-refractivity contribution in [3.63, 3.8) is 0 Å². The van der Waals surface area contributed by atoms with Crippen LogP contribution in [0.5, 0.6) is 11.5 Å². The molecule has 0 bridgehead atoms. The monoisotopic (exact) mass is 336 g/mol. The lowest BCUT2D eigenvalue weighted by atomic mass is 9.72. The molecule has 2 aromatic rings. The second-order valence-electron chi connectivity index (χ2n) is 9.03. The molecular formula is C23H28O2. The highest BCUT2D eigenvalue weighted by molar-refractivity contribution is 5.61. The third kappa shape index (κ3) is 2.16. The normalized spacial score (nSPS) is 21.0. The minimum absolute atomic E-state index is 0.0424. The van der Waals surface area contributed by atoms with Gasteiger partial charge in [0, 0.05) is 5.41 Å². The molecule has 0 radical (unpaired) electrons. The zero-order valence-corrected chi connectivity index (χ0v) is 16.2. The van der Waals surface area contributed by atoms with Crippen molar-refractivity contribution in [2.75, 3.05) is 14.2 Å². The summed E-state index contributed by atoms with van der Waals surface area (Å²) >= 11 is 0. The van der Waals surface area contributed by atoms with Crippen molar-refractivity contribution in [3.05, 3.63) is 58.7 Å². The molecule has 2 aliphatic carbocycles.